The molecular formula is C32H45N5O. The highest BCUT2D eigenvalue weighted by molar-refractivity contribution is 5.86. The first kappa shape index (κ1) is 25.6. The Morgan fingerprint density at radius 3 is 2.37 bits per heavy atom. The number of allylic oxidation sites excluding steroid dienone is 1. The summed E-state index contributed by atoms with van der Waals surface area (Å²) >= 11 is 0. The number of carbonyl (C=O) groups is 1. The molecule has 6 heteroatoms. The van der Waals surface area contributed by atoms with Crippen LogP contribution in [0.1, 0.15) is 89.3 Å². The number of hydrogen-bond acceptors (Lipinski definition) is 3. The molecule has 0 radical (unpaired) electrons. The van der Waals surface area contributed by atoms with Gasteiger partial charge in [-0.1, -0.05) is 39.0 Å². The quantitative estimate of drug-likeness (QED) is 0.368. The van der Waals surface area contributed by atoms with Crippen molar-refractivity contribution in [3.8, 4) is 0 Å². The lowest BCUT2D eigenvalue weighted by Crippen LogP contribution is -2.53. The molecule has 1 amide bonds. The van der Waals surface area contributed by atoms with Gasteiger partial charge in [-0.05, 0) is 81.3 Å². The van der Waals surface area contributed by atoms with Crippen LogP contribution in [-0.2, 0) is 11.3 Å². The second-order valence-corrected chi connectivity index (χ2v) is 14.2. The van der Waals surface area contributed by atoms with Gasteiger partial charge in [0.2, 0.25) is 5.91 Å². The van der Waals surface area contributed by atoms with Gasteiger partial charge in [0, 0.05) is 54.4 Å². The van der Waals surface area contributed by atoms with Crippen molar-refractivity contribution < 1.29 is 4.79 Å². The third-order valence-electron chi connectivity index (χ3n) is 9.56. The smallest absolute Gasteiger partial charge is 0.225 e. The van der Waals surface area contributed by atoms with Crippen molar-refractivity contribution in [1.29, 1.82) is 0 Å². The van der Waals surface area contributed by atoms with Crippen LogP contribution in [0.25, 0.3) is 10.9 Å². The van der Waals surface area contributed by atoms with E-state index < -0.39 is 0 Å². The average molecular weight is 516 g/mol. The summed E-state index contributed by atoms with van der Waals surface area (Å²) in [5, 5.41) is 6.45. The molecular weight excluding hydrogens is 470 g/mol. The zero-order chi connectivity index (χ0) is 26.8. The summed E-state index contributed by atoms with van der Waals surface area (Å²) in [7, 11) is 0. The average Bonchev–Trinajstić information content (AvgIpc) is 3.60. The maximum atomic E-state index is 13.4. The van der Waals surface area contributed by atoms with E-state index in [0.717, 1.165) is 69.7 Å². The Bertz CT molecular complexity index is 1270. The van der Waals surface area contributed by atoms with E-state index in [1.54, 1.807) is 0 Å². The molecule has 6 nitrogen and oxygen atoms in total. The molecule has 38 heavy (non-hydrogen) atoms. The minimum atomic E-state index is 0.169. The number of amidine groups is 1. The van der Waals surface area contributed by atoms with Crippen LogP contribution in [0.5, 0.6) is 0 Å². The lowest BCUT2D eigenvalue weighted by atomic mass is 9.47. The second kappa shape index (κ2) is 9.24. The highest BCUT2D eigenvalue weighted by Gasteiger charge is 2.56. The normalized spacial score (nSPS) is 28.4. The van der Waals surface area contributed by atoms with Gasteiger partial charge in [0.25, 0.3) is 0 Å². The molecule has 1 aromatic heterocycles. The third-order valence-corrected chi connectivity index (χ3v) is 9.56. The number of aryl methyl sites for hydroxylation is 1. The summed E-state index contributed by atoms with van der Waals surface area (Å²) in [5.74, 6) is 2.74. The van der Waals surface area contributed by atoms with Crippen molar-refractivity contribution in [2.75, 3.05) is 13.1 Å². The summed E-state index contributed by atoms with van der Waals surface area (Å²) in [4.78, 5) is 20.1. The summed E-state index contributed by atoms with van der Waals surface area (Å²) in [6.45, 7) is 15.8. The fourth-order valence-electron chi connectivity index (χ4n) is 7.26. The molecule has 1 spiro atoms. The zero-order valence-corrected chi connectivity index (χ0v) is 23.8. The van der Waals surface area contributed by atoms with E-state index in [2.05, 4.69) is 67.0 Å². The third kappa shape index (κ3) is 4.91. The number of aliphatic imine (C=N–C) groups is 1. The van der Waals surface area contributed by atoms with Crippen molar-refractivity contribution in [1.82, 2.24) is 14.7 Å². The predicted molar refractivity (Wildman–Crippen MR) is 154 cm³/mol. The number of aromatic nitrogens is 2. The molecule has 2 N–H and O–H groups in total. The molecule has 0 atom stereocenters. The molecule has 204 valence electrons. The van der Waals surface area contributed by atoms with Crippen molar-refractivity contribution in [2.45, 2.75) is 91.5 Å². The van der Waals surface area contributed by atoms with E-state index in [1.165, 1.54) is 35.0 Å². The molecule has 1 saturated heterocycles. The van der Waals surface area contributed by atoms with Gasteiger partial charge in [-0.25, -0.2) is 4.99 Å². The maximum Gasteiger partial charge on any atom is 0.225 e. The number of rotatable bonds is 6. The number of hydrogen-bond donors (Lipinski definition) is 1. The molecule has 0 bridgehead atoms. The Labute approximate surface area is 227 Å². The standard InChI is InChI=1S/C32H45N5O/c1-20-6-9-27-26(14-20)28(35-37(27)19-31(3,4)5)22-10-12-36(13-11-22)30(38)25-17-32(18-25)15-24(16-32)21(2)34-29(33)23-7-8-23/h6,9,14,22-25H,2,7-8,10-13,15-19H2,1,3-5H3,(H2,33,34). The van der Waals surface area contributed by atoms with Gasteiger partial charge in [0.1, 0.15) is 5.84 Å². The summed E-state index contributed by atoms with van der Waals surface area (Å²) in [6, 6.07) is 6.72. The van der Waals surface area contributed by atoms with Crippen LogP contribution in [0.3, 0.4) is 0 Å². The predicted octanol–water partition coefficient (Wildman–Crippen LogP) is 6.18. The molecule has 3 aliphatic carbocycles. The van der Waals surface area contributed by atoms with Gasteiger partial charge < -0.3 is 10.6 Å². The Hall–Kier alpha value is -2.63. The lowest BCUT2D eigenvalue weighted by Gasteiger charge is -2.58. The molecule has 4 fully saturated rings. The van der Waals surface area contributed by atoms with E-state index >= 15 is 0 Å². The van der Waals surface area contributed by atoms with Gasteiger partial charge in [-0.15, -0.1) is 0 Å². The van der Waals surface area contributed by atoms with E-state index in [1.807, 2.05) is 0 Å². The van der Waals surface area contributed by atoms with Crippen LogP contribution in [0.4, 0.5) is 0 Å². The van der Waals surface area contributed by atoms with Crippen LogP contribution >= 0.6 is 0 Å². The van der Waals surface area contributed by atoms with Crippen LogP contribution in [0, 0.1) is 35.5 Å². The van der Waals surface area contributed by atoms with Gasteiger partial charge >= 0.3 is 0 Å². The highest BCUT2D eigenvalue weighted by Crippen LogP contribution is 2.63. The summed E-state index contributed by atoms with van der Waals surface area (Å²) < 4.78 is 2.21. The zero-order valence-electron chi connectivity index (χ0n) is 23.8. The number of fused-ring (bicyclic) bond motifs is 1. The van der Waals surface area contributed by atoms with Crippen LogP contribution < -0.4 is 5.73 Å². The topological polar surface area (TPSA) is 76.5 Å². The van der Waals surface area contributed by atoms with Crippen molar-refractivity contribution in [3.05, 3.63) is 41.7 Å². The van der Waals surface area contributed by atoms with Gasteiger partial charge in [-0.2, -0.15) is 5.10 Å². The molecule has 1 aliphatic heterocycles. The number of nitrogens with zero attached hydrogens (tertiary/aromatic N) is 4. The monoisotopic (exact) mass is 515 g/mol. The van der Waals surface area contributed by atoms with Crippen molar-refractivity contribution in [2.24, 2.45) is 39.3 Å². The van der Waals surface area contributed by atoms with Crippen molar-refractivity contribution in [3.63, 3.8) is 0 Å². The number of amides is 1. The minimum absolute atomic E-state index is 0.169. The van der Waals surface area contributed by atoms with E-state index in [-0.39, 0.29) is 11.3 Å². The molecule has 3 saturated carbocycles. The fourth-order valence-corrected chi connectivity index (χ4v) is 7.26. The van der Waals surface area contributed by atoms with Crippen LogP contribution in [0.15, 0.2) is 35.5 Å². The largest absolute Gasteiger partial charge is 0.387 e. The molecule has 1 aromatic carbocycles. The fraction of sp³-hybridized carbons (Fsp3) is 0.656. The number of likely N-dealkylation sites (tertiary alicyclic amines) is 1. The van der Waals surface area contributed by atoms with Gasteiger partial charge in [0.15, 0.2) is 0 Å². The van der Waals surface area contributed by atoms with Crippen LogP contribution in [0.2, 0.25) is 0 Å². The summed E-state index contributed by atoms with van der Waals surface area (Å²) in [6.07, 6.45) is 8.69. The van der Waals surface area contributed by atoms with E-state index in [4.69, 9.17) is 10.8 Å². The number of carbonyl (C=O) groups excluding carboxylic acids is 1. The number of piperidine rings is 1. The first-order valence-electron chi connectivity index (χ1n) is 14.8. The molecule has 4 aliphatic rings. The Morgan fingerprint density at radius 1 is 1.08 bits per heavy atom. The van der Waals surface area contributed by atoms with Gasteiger partial charge in [-0.3, -0.25) is 9.48 Å². The maximum absolute atomic E-state index is 13.4. The Morgan fingerprint density at radius 2 is 1.74 bits per heavy atom. The summed E-state index contributed by atoms with van der Waals surface area (Å²) in [5.41, 5.74) is 11.3. The Kier molecular flexibility index (Phi) is 6.23. The molecule has 2 heterocycles. The highest BCUT2D eigenvalue weighted by atomic mass is 16.2. The SMILES string of the molecule is C=C(N=C(N)C1CC1)C1CC2(C1)CC(C(=O)N1CCC(c3nn(CC(C)(C)C)c4ccc(C)cc34)CC1)C2. The van der Waals surface area contributed by atoms with E-state index in [9.17, 15) is 4.79 Å². The minimum Gasteiger partial charge on any atom is -0.387 e. The lowest BCUT2D eigenvalue weighted by molar-refractivity contribution is -0.151. The first-order valence-corrected chi connectivity index (χ1v) is 14.8. The number of benzene rings is 1. The van der Waals surface area contributed by atoms with Gasteiger partial charge in [0.05, 0.1) is 11.2 Å². The molecule has 0 unspecified atom stereocenters. The molecule has 6 rings (SSSR count). The first-order chi connectivity index (χ1) is 18.0. The number of nitrogens with two attached hydrogens (primary N) is 1. The molecule has 2 aromatic rings. The van der Waals surface area contributed by atoms with Crippen molar-refractivity contribution >= 4 is 22.6 Å². The second-order valence-electron chi connectivity index (χ2n) is 14.2. The Balaban J connectivity index is 1.03. The van der Waals surface area contributed by atoms with E-state index in [0.29, 0.717) is 29.1 Å². The van der Waals surface area contributed by atoms with Crippen LogP contribution in [-0.4, -0.2) is 39.5 Å².